The van der Waals surface area contributed by atoms with Crippen LogP contribution >= 0.6 is 0 Å². The number of phenolic OH excluding ortho intramolecular Hbond substituents is 3. The second-order valence-corrected chi connectivity index (χ2v) is 5.61. The topological polar surface area (TPSA) is 121 Å². The van der Waals surface area contributed by atoms with E-state index in [-0.39, 0.29) is 45.7 Å². The first-order chi connectivity index (χ1) is 11.8. The summed E-state index contributed by atoms with van der Waals surface area (Å²) >= 11 is 0. The van der Waals surface area contributed by atoms with Gasteiger partial charge in [-0.3, -0.25) is 9.59 Å². The van der Waals surface area contributed by atoms with E-state index in [1.807, 2.05) is 0 Å². The van der Waals surface area contributed by atoms with Crippen molar-refractivity contribution in [2.24, 2.45) is 0 Å². The SMILES string of the molecule is CCOC(=O)c1c(C)cc2c(c1O)C(=O)c1c(O)cc(O)cc1C2=O. The molecule has 0 bridgehead atoms. The molecule has 3 rings (SSSR count). The van der Waals surface area contributed by atoms with Gasteiger partial charge in [0.15, 0.2) is 5.78 Å². The molecule has 1 aliphatic carbocycles. The number of ether oxygens (including phenoxy) is 1. The predicted molar refractivity (Wildman–Crippen MR) is 85.4 cm³/mol. The Kier molecular flexibility index (Phi) is 3.71. The van der Waals surface area contributed by atoms with Crippen LogP contribution in [0.1, 0.15) is 54.7 Å². The lowest BCUT2D eigenvalue weighted by atomic mass is 9.81. The minimum Gasteiger partial charge on any atom is -0.508 e. The zero-order valence-electron chi connectivity index (χ0n) is 13.4. The average molecular weight is 342 g/mol. The Bertz CT molecular complexity index is 957. The van der Waals surface area contributed by atoms with Crippen molar-refractivity contribution in [3.05, 3.63) is 51.6 Å². The Labute approximate surface area is 142 Å². The van der Waals surface area contributed by atoms with Crippen LogP contribution < -0.4 is 0 Å². The van der Waals surface area contributed by atoms with Crippen LogP contribution in [-0.4, -0.2) is 39.5 Å². The van der Waals surface area contributed by atoms with Gasteiger partial charge in [0.2, 0.25) is 5.78 Å². The maximum atomic E-state index is 12.7. The molecule has 0 radical (unpaired) electrons. The number of aromatic hydroxyl groups is 3. The normalized spacial score (nSPS) is 12.6. The molecule has 128 valence electrons. The van der Waals surface area contributed by atoms with E-state index in [4.69, 9.17) is 4.74 Å². The number of fused-ring (bicyclic) bond motifs is 2. The minimum atomic E-state index is -0.818. The smallest absolute Gasteiger partial charge is 0.342 e. The second kappa shape index (κ2) is 5.62. The van der Waals surface area contributed by atoms with E-state index >= 15 is 0 Å². The van der Waals surface area contributed by atoms with E-state index in [0.717, 1.165) is 12.1 Å². The Morgan fingerprint density at radius 1 is 1.00 bits per heavy atom. The third kappa shape index (κ3) is 2.32. The number of esters is 1. The highest BCUT2D eigenvalue weighted by molar-refractivity contribution is 6.31. The van der Waals surface area contributed by atoms with Gasteiger partial charge in [0.25, 0.3) is 0 Å². The third-order valence-electron chi connectivity index (χ3n) is 4.02. The van der Waals surface area contributed by atoms with Crippen LogP contribution in [0.4, 0.5) is 0 Å². The summed E-state index contributed by atoms with van der Waals surface area (Å²) in [6.07, 6.45) is 0. The van der Waals surface area contributed by atoms with Crippen LogP contribution in [0.15, 0.2) is 18.2 Å². The van der Waals surface area contributed by atoms with Gasteiger partial charge in [0.05, 0.1) is 17.7 Å². The molecule has 0 fully saturated rings. The van der Waals surface area contributed by atoms with Gasteiger partial charge in [-0.15, -0.1) is 0 Å². The average Bonchev–Trinajstić information content (AvgIpc) is 2.51. The molecule has 7 nitrogen and oxygen atoms in total. The number of rotatable bonds is 2. The molecule has 1 aliphatic rings. The van der Waals surface area contributed by atoms with Gasteiger partial charge in [-0.2, -0.15) is 0 Å². The number of aryl methyl sites for hydroxylation is 1. The zero-order valence-corrected chi connectivity index (χ0v) is 13.4. The van der Waals surface area contributed by atoms with Crippen LogP contribution in [0, 0.1) is 6.92 Å². The maximum absolute atomic E-state index is 12.7. The third-order valence-corrected chi connectivity index (χ3v) is 4.02. The Morgan fingerprint density at radius 3 is 2.28 bits per heavy atom. The molecule has 0 saturated carbocycles. The maximum Gasteiger partial charge on any atom is 0.342 e. The molecule has 2 aromatic carbocycles. The molecular formula is C18H14O7. The fourth-order valence-corrected chi connectivity index (χ4v) is 2.97. The molecule has 0 atom stereocenters. The van der Waals surface area contributed by atoms with E-state index in [2.05, 4.69) is 0 Å². The van der Waals surface area contributed by atoms with Crippen LogP contribution in [0.25, 0.3) is 0 Å². The van der Waals surface area contributed by atoms with Crippen molar-refractivity contribution in [2.45, 2.75) is 13.8 Å². The van der Waals surface area contributed by atoms with E-state index in [9.17, 15) is 29.7 Å². The van der Waals surface area contributed by atoms with E-state index in [0.29, 0.717) is 0 Å². The van der Waals surface area contributed by atoms with Gasteiger partial charge in [-0.05, 0) is 31.5 Å². The Balaban J connectivity index is 2.31. The number of ketones is 2. The molecule has 7 heteroatoms. The first-order valence-electron chi connectivity index (χ1n) is 7.47. The fourth-order valence-electron chi connectivity index (χ4n) is 2.97. The van der Waals surface area contributed by atoms with Crippen molar-refractivity contribution in [1.82, 2.24) is 0 Å². The van der Waals surface area contributed by atoms with E-state index in [1.54, 1.807) is 6.92 Å². The first kappa shape index (κ1) is 16.5. The fraction of sp³-hybridized carbons (Fsp3) is 0.167. The number of benzene rings is 2. The first-order valence-corrected chi connectivity index (χ1v) is 7.47. The number of hydrogen-bond donors (Lipinski definition) is 3. The summed E-state index contributed by atoms with van der Waals surface area (Å²) in [6.45, 7) is 3.17. The Morgan fingerprint density at radius 2 is 1.64 bits per heavy atom. The zero-order chi connectivity index (χ0) is 18.5. The summed E-state index contributed by atoms with van der Waals surface area (Å²) in [6, 6.07) is 3.31. The van der Waals surface area contributed by atoms with Crippen LogP contribution in [0.3, 0.4) is 0 Å². The molecular weight excluding hydrogens is 328 g/mol. The van der Waals surface area contributed by atoms with E-state index in [1.165, 1.54) is 13.0 Å². The predicted octanol–water partition coefficient (Wildman–Crippen LogP) is 2.06. The number of carbonyl (C=O) groups is 3. The van der Waals surface area contributed by atoms with Crippen LogP contribution in [0.2, 0.25) is 0 Å². The lowest BCUT2D eigenvalue weighted by molar-refractivity contribution is 0.0521. The molecule has 2 aromatic rings. The monoisotopic (exact) mass is 342 g/mol. The molecule has 25 heavy (non-hydrogen) atoms. The van der Waals surface area contributed by atoms with Gasteiger partial charge in [0.1, 0.15) is 22.8 Å². The van der Waals surface area contributed by atoms with Gasteiger partial charge >= 0.3 is 5.97 Å². The summed E-state index contributed by atoms with van der Waals surface area (Å²) in [5, 5.41) is 30.0. The highest BCUT2D eigenvalue weighted by Crippen LogP contribution is 2.40. The molecule has 0 heterocycles. The van der Waals surface area contributed by atoms with Gasteiger partial charge in [-0.1, -0.05) is 0 Å². The molecule has 3 N–H and O–H groups in total. The minimum absolute atomic E-state index is 0.0740. The van der Waals surface area contributed by atoms with Crippen molar-refractivity contribution >= 4 is 17.5 Å². The largest absolute Gasteiger partial charge is 0.508 e. The Hall–Kier alpha value is -3.35. The summed E-state index contributed by atoms with van der Waals surface area (Å²) in [4.78, 5) is 37.5. The summed E-state index contributed by atoms with van der Waals surface area (Å²) < 4.78 is 4.87. The van der Waals surface area contributed by atoms with Gasteiger partial charge < -0.3 is 20.1 Å². The number of phenols is 3. The van der Waals surface area contributed by atoms with Crippen LogP contribution in [0.5, 0.6) is 17.2 Å². The van der Waals surface area contributed by atoms with Crippen LogP contribution in [-0.2, 0) is 4.74 Å². The van der Waals surface area contributed by atoms with Crippen molar-refractivity contribution in [1.29, 1.82) is 0 Å². The summed E-state index contributed by atoms with van der Waals surface area (Å²) in [5.74, 6) is -3.90. The standard InChI is InChI=1S/C18H14O7/c1-3-25-18(24)12-7(2)4-9-14(16(12)22)17(23)13-10(15(9)21)5-8(19)6-11(13)20/h4-6,19-20,22H,3H2,1-2H3. The molecule has 0 unspecified atom stereocenters. The summed E-state index contributed by atoms with van der Waals surface area (Å²) in [5.41, 5.74) is -0.910. The number of hydrogen-bond acceptors (Lipinski definition) is 7. The second-order valence-electron chi connectivity index (χ2n) is 5.61. The molecule has 0 aromatic heterocycles. The quantitative estimate of drug-likeness (QED) is 0.609. The van der Waals surface area contributed by atoms with Gasteiger partial charge in [0, 0.05) is 17.2 Å². The lowest BCUT2D eigenvalue weighted by Crippen LogP contribution is -2.23. The number of carbonyl (C=O) groups excluding carboxylic acids is 3. The molecule has 0 aliphatic heterocycles. The lowest BCUT2D eigenvalue weighted by Gasteiger charge is -2.21. The van der Waals surface area contributed by atoms with Gasteiger partial charge in [-0.25, -0.2) is 4.79 Å². The van der Waals surface area contributed by atoms with Crippen molar-refractivity contribution in [2.75, 3.05) is 6.61 Å². The van der Waals surface area contributed by atoms with Crippen molar-refractivity contribution in [3.8, 4) is 17.2 Å². The van der Waals surface area contributed by atoms with Crippen molar-refractivity contribution in [3.63, 3.8) is 0 Å². The summed E-state index contributed by atoms with van der Waals surface area (Å²) in [7, 11) is 0. The molecule has 0 saturated heterocycles. The molecule has 0 amide bonds. The van der Waals surface area contributed by atoms with E-state index < -0.39 is 29.0 Å². The highest BCUT2D eigenvalue weighted by atomic mass is 16.5. The molecule has 0 spiro atoms. The van der Waals surface area contributed by atoms with Crippen molar-refractivity contribution < 1.29 is 34.4 Å². The highest BCUT2D eigenvalue weighted by Gasteiger charge is 2.37.